The number of carbonyl (C=O) groups is 1. The van der Waals surface area contributed by atoms with Crippen LogP contribution in [0.2, 0.25) is 0 Å². The third-order valence-electron chi connectivity index (χ3n) is 5.55. The molecule has 0 bridgehead atoms. The molecular weight excluding hydrogens is 374 g/mol. The van der Waals surface area contributed by atoms with Gasteiger partial charge in [0.2, 0.25) is 0 Å². The molecule has 0 spiro atoms. The summed E-state index contributed by atoms with van der Waals surface area (Å²) in [7, 11) is 2.09. The van der Waals surface area contributed by atoms with Gasteiger partial charge < -0.3 is 19.9 Å². The van der Waals surface area contributed by atoms with E-state index in [9.17, 15) is 4.79 Å². The molecule has 150 valence electrons. The molecule has 1 amide bonds. The van der Waals surface area contributed by atoms with E-state index in [1.165, 1.54) is 11.3 Å². The first-order chi connectivity index (χ1) is 14.7. The molecule has 5 nitrogen and oxygen atoms in total. The predicted molar refractivity (Wildman–Crippen MR) is 120 cm³/mol. The average Bonchev–Trinajstić information content (AvgIpc) is 3.36. The van der Waals surface area contributed by atoms with Crippen molar-refractivity contribution in [3.63, 3.8) is 0 Å². The van der Waals surface area contributed by atoms with Gasteiger partial charge in [-0.05, 0) is 53.9 Å². The molecule has 0 saturated carbocycles. The number of anilines is 2. The van der Waals surface area contributed by atoms with Crippen LogP contribution < -0.4 is 15.0 Å². The Bertz CT molecular complexity index is 1210. The van der Waals surface area contributed by atoms with Crippen molar-refractivity contribution in [3.05, 3.63) is 89.6 Å². The van der Waals surface area contributed by atoms with Crippen molar-refractivity contribution < 1.29 is 9.53 Å². The summed E-state index contributed by atoms with van der Waals surface area (Å²) in [5, 5.41) is 3.98. The minimum absolute atomic E-state index is 0.149. The highest BCUT2D eigenvalue weighted by Crippen LogP contribution is 2.29. The minimum Gasteiger partial charge on any atom is -0.489 e. The van der Waals surface area contributed by atoms with Gasteiger partial charge in [0.15, 0.2) is 0 Å². The number of hydrogen-bond acceptors (Lipinski definition) is 3. The topological polar surface area (TPSA) is 57.4 Å². The maximum absolute atomic E-state index is 12.8. The van der Waals surface area contributed by atoms with E-state index < -0.39 is 0 Å². The number of fused-ring (bicyclic) bond motifs is 2. The lowest BCUT2D eigenvalue weighted by Crippen LogP contribution is -2.13. The van der Waals surface area contributed by atoms with Gasteiger partial charge in [0, 0.05) is 41.9 Å². The summed E-state index contributed by atoms with van der Waals surface area (Å²) in [4.78, 5) is 18.2. The molecule has 5 heteroatoms. The Morgan fingerprint density at radius 1 is 1.07 bits per heavy atom. The summed E-state index contributed by atoms with van der Waals surface area (Å²) in [6, 6.07) is 23.8. The third kappa shape index (κ3) is 3.62. The number of aromatic nitrogens is 1. The maximum atomic E-state index is 12.8. The Kier molecular flexibility index (Phi) is 4.64. The van der Waals surface area contributed by atoms with Crippen LogP contribution >= 0.6 is 0 Å². The monoisotopic (exact) mass is 397 g/mol. The lowest BCUT2D eigenvalue weighted by molar-refractivity contribution is 0.102. The molecule has 0 radical (unpaired) electrons. The van der Waals surface area contributed by atoms with Crippen molar-refractivity contribution in [1.29, 1.82) is 0 Å². The molecular formula is C25H23N3O2. The van der Waals surface area contributed by atoms with Crippen LogP contribution in [0.3, 0.4) is 0 Å². The maximum Gasteiger partial charge on any atom is 0.272 e. The SMILES string of the molecule is CN1CCc2cc(NC(=O)c3cc4ccc(OCc5ccccc5)cc4[nH]3)ccc21. The van der Waals surface area contributed by atoms with E-state index in [-0.39, 0.29) is 5.91 Å². The zero-order chi connectivity index (χ0) is 20.5. The fourth-order valence-corrected chi connectivity index (χ4v) is 3.90. The predicted octanol–water partition coefficient (Wildman–Crippen LogP) is 4.99. The summed E-state index contributed by atoms with van der Waals surface area (Å²) in [6.45, 7) is 1.53. The second-order valence-corrected chi connectivity index (χ2v) is 7.68. The van der Waals surface area contributed by atoms with Gasteiger partial charge in [0.1, 0.15) is 18.1 Å². The summed E-state index contributed by atoms with van der Waals surface area (Å²) in [6.07, 6.45) is 1.01. The number of ether oxygens (including phenoxy) is 1. The van der Waals surface area contributed by atoms with Crippen molar-refractivity contribution in [2.75, 3.05) is 23.8 Å². The van der Waals surface area contributed by atoms with Gasteiger partial charge in [0.25, 0.3) is 5.91 Å². The molecule has 1 aliphatic rings. The number of nitrogens with zero attached hydrogens (tertiary/aromatic N) is 1. The average molecular weight is 397 g/mol. The van der Waals surface area contributed by atoms with Gasteiger partial charge in [-0.2, -0.15) is 0 Å². The number of hydrogen-bond donors (Lipinski definition) is 2. The molecule has 0 aliphatic carbocycles. The van der Waals surface area contributed by atoms with Gasteiger partial charge >= 0.3 is 0 Å². The van der Waals surface area contributed by atoms with Crippen molar-refractivity contribution in [1.82, 2.24) is 4.98 Å². The van der Waals surface area contributed by atoms with E-state index in [1.807, 2.05) is 60.7 Å². The highest BCUT2D eigenvalue weighted by molar-refractivity contribution is 6.06. The zero-order valence-corrected chi connectivity index (χ0v) is 16.8. The number of H-pyrrole nitrogens is 1. The number of amides is 1. The number of carbonyl (C=O) groups excluding carboxylic acids is 1. The summed E-state index contributed by atoms with van der Waals surface area (Å²) < 4.78 is 5.89. The van der Waals surface area contributed by atoms with Crippen LogP contribution in [-0.2, 0) is 13.0 Å². The van der Waals surface area contributed by atoms with Crippen molar-refractivity contribution in [2.24, 2.45) is 0 Å². The largest absolute Gasteiger partial charge is 0.489 e. The van der Waals surface area contributed by atoms with Gasteiger partial charge in [-0.15, -0.1) is 0 Å². The van der Waals surface area contributed by atoms with E-state index in [4.69, 9.17) is 4.74 Å². The molecule has 1 aliphatic heterocycles. The quantitative estimate of drug-likeness (QED) is 0.499. The molecule has 0 atom stereocenters. The van der Waals surface area contributed by atoms with Crippen molar-refractivity contribution in [2.45, 2.75) is 13.0 Å². The van der Waals surface area contributed by atoms with E-state index in [1.54, 1.807) is 0 Å². The standard InChI is InChI=1S/C25H23N3O2/c1-28-12-11-19-13-20(8-10-24(19)28)26-25(29)23-14-18-7-9-21(15-22(18)27-23)30-16-17-5-3-2-4-6-17/h2-10,13-15,27H,11-12,16H2,1H3,(H,26,29). The second-order valence-electron chi connectivity index (χ2n) is 7.68. The summed E-state index contributed by atoms with van der Waals surface area (Å²) in [5.74, 6) is 0.618. The fraction of sp³-hybridized carbons (Fsp3) is 0.160. The summed E-state index contributed by atoms with van der Waals surface area (Å²) in [5.41, 5.74) is 5.85. The van der Waals surface area contributed by atoms with Crippen molar-refractivity contribution in [3.8, 4) is 5.75 Å². The Morgan fingerprint density at radius 2 is 1.93 bits per heavy atom. The molecule has 2 N–H and O–H groups in total. The van der Waals surface area contributed by atoms with Gasteiger partial charge in [-0.1, -0.05) is 30.3 Å². The smallest absolute Gasteiger partial charge is 0.272 e. The molecule has 4 aromatic rings. The Labute approximate surface area is 175 Å². The second kappa shape index (κ2) is 7.59. The van der Waals surface area contributed by atoms with Crippen LogP contribution in [-0.4, -0.2) is 24.5 Å². The van der Waals surface area contributed by atoms with Crippen LogP contribution in [0, 0.1) is 0 Å². The van der Waals surface area contributed by atoms with Gasteiger partial charge in [0.05, 0.1) is 0 Å². The lowest BCUT2D eigenvalue weighted by atomic mass is 10.1. The number of likely N-dealkylation sites (N-methyl/N-ethyl adjacent to an activating group) is 1. The molecule has 5 rings (SSSR count). The summed E-state index contributed by atoms with van der Waals surface area (Å²) >= 11 is 0. The molecule has 30 heavy (non-hydrogen) atoms. The number of aromatic amines is 1. The molecule has 1 aromatic heterocycles. The third-order valence-corrected chi connectivity index (χ3v) is 5.55. The number of rotatable bonds is 5. The Hall–Kier alpha value is -3.73. The van der Waals surface area contributed by atoms with E-state index >= 15 is 0 Å². The fourth-order valence-electron chi connectivity index (χ4n) is 3.90. The molecule has 2 heterocycles. The Balaban J connectivity index is 1.30. The highest BCUT2D eigenvalue weighted by atomic mass is 16.5. The van der Waals surface area contributed by atoms with E-state index in [0.717, 1.165) is 40.9 Å². The van der Waals surface area contributed by atoms with E-state index in [0.29, 0.717) is 12.3 Å². The van der Waals surface area contributed by atoms with Crippen LogP contribution in [0.4, 0.5) is 11.4 Å². The first-order valence-corrected chi connectivity index (χ1v) is 10.1. The normalized spacial score (nSPS) is 12.8. The van der Waals surface area contributed by atoms with Crippen LogP contribution in [0.15, 0.2) is 72.8 Å². The van der Waals surface area contributed by atoms with Gasteiger partial charge in [-0.3, -0.25) is 4.79 Å². The van der Waals surface area contributed by atoms with E-state index in [2.05, 4.69) is 34.4 Å². The minimum atomic E-state index is -0.149. The molecule has 3 aromatic carbocycles. The Morgan fingerprint density at radius 3 is 2.80 bits per heavy atom. The molecule has 0 saturated heterocycles. The van der Waals surface area contributed by atoms with Crippen molar-refractivity contribution >= 4 is 28.2 Å². The van der Waals surface area contributed by atoms with Crippen LogP contribution in [0.5, 0.6) is 5.75 Å². The van der Waals surface area contributed by atoms with Crippen LogP contribution in [0.25, 0.3) is 10.9 Å². The zero-order valence-electron chi connectivity index (χ0n) is 16.8. The molecule has 0 unspecified atom stereocenters. The van der Waals surface area contributed by atoms with Crippen LogP contribution in [0.1, 0.15) is 21.6 Å². The first kappa shape index (κ1) is 18.3. The highest BCUT2D eigenvalue weighted by Gasteiger charge is 2.17. The first-order valence-electron chi connectivity index (χ1n) is 10.1. The number of benzene rings is 3. The number of nitrogens with one attached hydrogen (secondary N) is 2. The lowest BCUT2D eigenvalue weighted by Gasteiger charge is -2.12. The molecule has 0 fully saturated rings. The van der Waals surface area contributed by atoms with Gasteiger partial charge in [-0.25, -0.2) is 0 Å².